The van der Waals surface area contributed by atoms with Gasteiger partial charge in [0.2, 0.25) is 0 Å². The Morgan fingerprint density at radius 1 is 1.28 bits per heavy atom. The summed E-state index contributed by atoms with van der Waals surface area (Å²) in [6, 6.07) is 6.25. The largest absolute Gasteiger partial charge is 0.379 e. The molecule has 3 rings (SSSR count). The summed E-state index contributed by atoms with van der Waals surface area (Å²) < 4.78 is 1.22. The highest BCUT2D eigenvalue weighted by Gasteiger charge is 2.02. The van der Waals surface area contributed by atoms with E-state index < -0.39 is 0 Å². The molecule has 2 aromatic heterocycles. The summed E-state index contributed by atoms with van der Waals surface area (Å²) in [4.78, 5) is 8.81. The van der Waals surface area contributed by atoms with Crippen LogP contribution in [0.2, 0.25) is 0 Å². The Morgan fingerprint density at radius 2 is 2.22 bits per heavy atom. The fourth-order valence-corrected chi connectivity index (χ4v) is 3.21. The lowest BCUT2D eigenvalue weighted by Crippen LogP contribution is -1.99. The van der Waals surface area contributed by atoms with Gasteiger partial charge in [0.05, 0.1) is 33.0 Å². The lowest BCUT2D eigenvalue weighted by atomic mass is 10.3. The third-order valence-electron chi connectivity index (χ3n) is 2.71. The van der Waals surface area contributed by atoms with E-state index in [2.05, 4.69) is 39.7 Å². The van der Waals surface area contributed by atoms with Gasteiger partial charge >= 0.3 is 0 Å². The van der Waals surface area contributed by atoms with Crippen LogP contribution in [0.1, 0.15) is 17.6 Å². The summed E-state index contributed by atoms with van der Waals surface area (Å²) in [5.41, 5.74) is 5.18. The van der Waals surface area contributed by atoms with E-state index in [1.807, 2.05) is 11.6 Å². The van der Waals surface area contributed by atoms with Crippen molar-refractivity contribution in [2.75, 3.05) is 5.32 Å². The number of hydrogen-bond acceptors (Lipinski definition) is 5. The number of anilines is 1. The maximum absolute atomic E-state index is 4.54. The second-order valence-corrected chi connectivity index (χ2v) is 5.80. The van der Waals surface area contributed by atoms with E-state index in [-0.39, 0.29) is 0 Å². The molecule has 0 fully saturated rings. The Morgan fingerprint density at radius 3 is 3.06 bits per heavy atom. The van der Waals surface area contributed by atoms with E-state index in [0.29, 0.717) is 0 Å². The van der Waals surface area contributed by atoms with Gasteiger partial charge < -0.3 is 5.32 Å². The fraction of sp³-hybridized carbons (Fsp3) is 0.231. The van der Waals surface area contributed by atoms with Crippen molar-refractivity contribution in [3.8, 4) is 0 Å². The maximum atomic E-state index is 4.54. The molecule has 18 heavy (non-hydrogen) atoms. The van der Waals surface area contributed by atoms with Gasteiger partial charge in [-0.05, 0) is 24.6 Å². The van der Waals surface area contributed by atoms with Crippen LogP contribution in [0.5, 0.6) is 0 Å². The molecule has 0 unspecified atom stereocenters. The van der Waals surface area contributed by atoms with Crippen LogP contribution in [-0.2, 0) is 13.0 Å². The molecule has 5 heteroatoms. The number of rotatable bonds is 4. The summed E-state index contributed by atoms with van der Waals surface area (Å²) in [7, 11) is 0. The quantitative estimate of drug-likeness (QED) is 0.784. The van der Waals surface area contributed by atoms with Crippen molar-refractivity contribution in [1.82, 2.24) is 9.97 Å². The molecule has 0 saturated carbocycles. The molecular weight excluding hydrogens is 262 g/mol. The number of thiazole rings is 2. The van der Waals surface area contributed by atoms with E-state index in [0.717, 1.165) is 29.9 Å². The van der Waals surface area contributed by atoms with Crippen LogP contribution >= 0.6 is 22.7 Å². The molecule has 0 saturated heterocycles. The summed E-state index contributed by atoms with van der Waals surface area (Å²) in [5.74, 6) is 0. The van der Waals surface area contributed by atoms with Crippen molar-refractivity contribution in [2.45, 2.75) is 19.9 Å². The van der Waals surface area contributed by atoms with Gasteiger partial charge in [0.15, 0.2) is 0 Å². The minimum atomic E-state index is 0.779. The monoisotopic (exact) mass is 275 g/mol. The average Bonchev–Trinajstić information content (AvgIpc) is 3.04. The van der Waals surface area contributed by atoms with E-state index >= 15 is 0 Å². The summed E-state index contributed by atoms with van der Waals surface area (Å²) in [6.45, 7) is 2.91. The van der Waals surface area contributed by atoms with Crippen molar-refractivity contribution in [1.29, 1.82) is 0 Å². The Hall–Kier alpha value is -1.46. The molecule has 0 aliphatic heterocycles. The predicted octanol–water partition coefficient (Wildman–Crippen LogP) is 3.93. The van der Waals surface area contributed by atoms with Crippen molar-refractivity contribution < 1.29 is 0 Å². The van der Waals surface area contributed by atoms with Gasteiger partial charge in [0, 0.05) is 11.1 Å². The van der Waals surface area contributed by atoms with Gasteiger partial charge in [0.25, 0.3) is 0 Å². The van der Waals surface area contributed by atoms with Crippen molar-refractivity contribution in [2.24, 2.45) is 0 Å². The third-order valence-corrected chi connectivity index (χ3v) is 4.54. The second kappa shape index (κ2) is 5.04. The number of aromatic nitrogens is 2. The average molecular weight is 275 g/mol. The Labute approximate surface area is 114 Å². The molecule has 0 spiro atoms. The SMILES string of the molecule is CCc1nc(CNc2ccc3ncsc3c2)cs1. The number of nitrogens with one attached hydrogen (secondary N) is 1. The molecule has 0 aliphatic rings. The van der Waals surface area contributed by atoms with E-state index in [1.165, 1.54) is 9.71 Å². The standard InChI is InChI=1S/C13H13N3S2/c1-2-13-16-10(7-17-13)6-14-9-3-4-11-12(5-9)18-8-15-11/h3-5,7-8,14H,2,6H2,1H3. The third kappa shape index (κ3) is 2.37. The fourth-order valence-electron chi connectivity index (χ4n) is 1.75. The molecule has 0 amide bonds. The van der Waals surface area contributed by atoms with Crippen LogP contribution in [0, 0.1) is 0 Å². The molecule has 0 aliphatic carbocycles. The maximum Gasteiger partial charge on any atom is 0.0926 e. The van der Waals surface area contributed by atoms with Crippen LogP contribution < -0.4 is 5.32 Å². The highest BCUT2D eigenvalue weighted by molar-refractivity contribution is 7.16. The second-order valence-electron chi connectivity index (χ2n) is 3.97. The minimum absolute atomic E-state index is 0.779. The van der Waals surface area contributed by atoms with Crippen molar-refractivity contribution in [3.63, 3.8) is 0 Å². The smallest absolute Gasteiger partial charge is 0.0926 e. The van der Waals surface area contributed by atoms with Crippen LogP contribution in [-0.4, -0.2) is 9.97 Å². The number of hydrogen-bond donors (Lipinski definition) is 1. The molecule has 3 aromatic rings. The Kier molecular flexibility index (Phi) is 3.25. The van der Waals surface area contributed by atoms with Gasteiger partial charge in [-0.3, -0.25) is 0 Å². The zero-order chi connectivity index (χ0) is 12.4. The number of aryl methyl sites for hydroxylation is 1. The molecule has 3 nitrogen and oxygen atoms in total. The molecule has 2 heterocycles. The van der Waals surface area contributed by atoms with Gasteiger partial charge in [0.1, 0.15) is 0 Å². The first-order valence-electron chi connectivity index (χ1n) is 5.85. The summed E-state index contributed by atoms with van der Waals surface area (Å²) in [6.07, 6.45) is 1.01. The molecule has 1 N–H and O–H groups in total. The van der Waals surface area contributed by atoms with Crippen molar-refractivity contribution in [3.05, 3.63) is 39.8 Å². The Balaban J connectivity index is 1.72. The van der Waals surface area contributed by atoms with E-state index in [4.69, 9.17) is 0 Å². The van der Waals surface area contributed by atoms with Gasteiger partial charge in [-0.25, -0.2) is 9.97 Å². The minimum Gasteiger partial charge on any atom is -0.379 e. The van der Waals surface area contributed by atoms with Gasteiger partial charge in [-0.15, -0.1) is 22.7 Å². The van der Waals surface area contributed by atoms with E-state index in [9.17, 15) is 0 Å². The van der Waals surface area contributed by atoms with Gasteiger partial charge in [-0.2, -0.15) is 0 Å². The summed E-state index contributed by atoms with van der Waals surface area (Å²) in [5, 5.41) is 6.72. The van der Waals surface area contributed by atoms with E-state index in [1.54, 1.807) is 22.7 Å². The lowest BCUT2D eigenvalue weighted by molar-refractivity contribution is 1.01. The van der Waals surface area contributed by atoms with Crippen molar-refractivity contribution >= 4 is 38.6 Å². The van der Waals surface area contributed by atoms with Crippen LogP contribution in [0.25, 0.3) is 10.2 Å². The molecule has 0 radical (unpaired) electrons. The summed E-state index contributed by atoms with van der Waals surface area (Å²) >= 11 is 3.40. The first-order valence-corrected chi connectivity index (χ1v) is 7.61. The van der Waals surface area contributed by atoms with Crippen LogP contribution in [0.4, 0.5) is 5.69 Å². The lowest BCUT2D eigenvalue weighted by Gasteiger charge is -2.03. The van der Waals surface area contributed by atoms with Gasteiger partial charge in [-0.1, -0.05) is 6.92 Å². The zero-order valence-electron chi connectivity index (χ0n) is 10.0. The highest BCUT2D eigenvalue weighted by Crippen LogP contribution is 2.22. The molecule has 1 aromatic carbocycles. The molecule has 0 atom stereocenters. The first kappa shape index (κ1) is 11.6. The Bertz CT molecular complexity index is 657. The first-order chi connectivity index (χ1) is 8.85. The topological polar surface area (TPSA) is 37.8 Å². The molecule has 92 valence electrons. The zero-order valence-corrected chi connectivity index (χ0v) is 11.6. The number of benzene rings is 1. The number of fused-ring (bicyclic) bond motifs is 1. The van der Waals surface area contributed by atoms with Crippen LogP contribution in [0.3, 0.4) is 0 Å². The highest BCUT2D eigenvalue weighted by atomic mass is 32.1. The predicted molar refractivity (Wildman–Crippen MR) is 78.4 cm³/mol. The normalized spacial score (nSPS) is 10.9. The molecule has 0 bridgehead atoms. The number of nitrogens with zero attached hydrogens (tertiary/aromatic N) is 2. The molecular formula is C13H13N3S2. The van der Waals surface area contributed by atoms with Crippen LogP contribution in [0.15, 0.2) is 29.1 Å².